The summed E-state index contributed by atoms with van der Waals surface area (Å²) in [6.45, 7) is 3.94. The van der Waals surface area contributed by atoms with E-state index in [-0.39, 0.29) is 24.8 Å². The fourth-order valence-corrected chi connectivity index (χ4v) is 2.78. The summed E-state index contributed by atoms with van der Waals surface area (Å²) in [6.07, 6.45) is 3.64. The van der Waals surface area contributed by atoms with Crippen molar-refractivity contribution in [3.63, 3.8) is 0 Å². The number of ether oxygens (including phenoxy) is 2. The molecule has 0 saturated carbocycles. The zero-order valence-corrected chi connectivity index (χ0v) is 14.0. The smallest absolute Gasteiger partial charge is 0.315 e. The standard InChI is InChI=1S/C19H15N3O4/c1-10(20-2)11-3-4-12-13(9-11)22-19(15-6-8-17(24)26-15)18(21-12)14-5-7-16(23)25-14/h3-6,9,20H,1,7-8H2,2H3. The molecule has 7 heteroatoms. The van der Waals surface area contributed by atoms with E-state index in [2.05, 4.69) is 21.9 Å². The quantitative estimate of drug-likeness (QED) is 0.848. The van der Waals surface area contributed by atoms with Crippen LogP contribution in [0.2, 0.25) is 0 Å². The van der Waals surface area contributed by atoms with Crippen molar-refractivity contribution < 1.29 is 19.1 Å². The maximum atomic E-state index is 11.5. The molecule has 2 aromatic rings. The van der Waals surface area contributed by atoms with Crippen molar-refractivity contribution in [3.05, 3.63) is 53.9 Å². The average molecular weight is 349 g/mol. The van der Waals surface area contributed by atoms with Crippen LogP contribution in [0.15, 0.2) is 36.9 Å². The summed E-state index contributed by atoms with van der Waals surface area (Å²) >= 11 is 0. The Hall–Kier alpha value is -3.48. The van der Waals surface area contributed by atoms with Crippen molar-refractivity contribution in [3.8, 4) is 0 Å². The second kappa shape index (κ2) is 6.11. The summed E-state index contributed by atoms with van der Waals surface area (Å²) < 4.78 is 10.5. The van der Waals surface area contributed by atoms with Gasteiger partial charge >= 0.3 is 11.9 Å². The molecule has 0 spiro atoms. The van der Waals surface area contributed by atoms with Crippen LogP contribution in [0.25, 0.3) is 28.2 Å². The molecule has 0 saturated heterocycles. The van der Waals surface area contributed by atoms with E-state index in [1.54, 1.807) is 19.2 Å². The maximum Gasteiger partial charge on any atom is 0.315 e. The number of benzene rings is 1. The molecular weight excluding hydrogens is 334 g/mol. The van der Waals surface area contributed by atoms with Crippen molar-refractivity contribution in [2.45, 2.75) is 12.8 Å². The molecule has 4 rings (SSSR count). The lowest BCUT2D eigenvalue weighted by atomic mass is 10.1. The van der Waals surface area contributed by atoms with E-state index in [1.165, 1.54) is 0 Å². The summed E-state index contributed by atoms with van der Waals surface area (Å²) in [7, 11) is 1.79. The van der Waals surface area contributed by atoms with E-state index in [1.807, 2.05) is 18.2 Å². The number of esters is 2. The van der Waals surface area contributed by atoms with E-state index < -0.39 is 0 Å². The van der Waals surface area contributed by atoms with Gasteiger partial charge in [-0.05, 0) is 29.8 Å². The molecule has 0 radical (unpaired) electrons. The van der Waals surface area contributed by atoms with Gasteiger partial charge in [-0.2, -0.15) is 0 Å². The number of hydrogen-bond acceptors (Lipinski definition) is 7. The molecule has 2 aliphatic heterocycles. The molecule has 0 amide bonds. The van der Waals surface area contributed by atoms with Crippen LogP contribution < -0.4 is 5.32 Å². The third-order valence-electron chi connectivity index (χ3n) is 4.14. The molecule has 7 nitrogen and oxygen atoms in total. The summed E-state index contributed by atoms with van der Waals surface area (Å²) in [5.74, 6) is -0.0680. The fourth-order valence-electron chi connectivity index (χ4n) is 2.78. The van der Waals surface area contributed by atoms with Gasteiger partial charge in [0, 0.05) is 12.7 Å². The predicted octanol–water partition coefficient (Wildman–Crippen LogP) is 2.40. The number of aromatic nitrogens is 2. The Bertz CT molecular complexity index is 1040. The van der Waals surface area contributed by atoms with Gasteiger partial charge in [-0.3, -0.25) is 9.59 Å². The monoisotopic (exact) mass is 349 g/mol. The van der Waals surface area contributed by atoms with Crippen LogP contribution in [0, 0.1) is 0 Å². The fraction of sp³-hybridized carbons (Fsp3) is 0.158. The average Bonchev–Trinajstić information content (AvgIpc) is 3.27. The number of carbonyl (C=O) groups is 2. The highest BCUT2D eigenvalue weighted by atomic mass is 16.5. The van der Waals surface area contributed by atoms with Crippen LogP contribution >= 0.6 is 0 Å². The SMILES string of the molecule is C=C(NC)c1ccc2nc(C3=CCC(=O)O3)c(C3=CCC(=O)O3)nc2c1. The summed E-state index contributed by atoms with van der Waals surface area (Å²) in [5, 5.41) is 2.99. The lowest BCUT2D eigenvalue weighted by Crippen LogP contribution is -2.06. The maximum absolute atomic E-state index is 11.5. The Morgan fingerprint density at radius 1 is 1.00 bits per heavy atom. The number of carbonyl (C=O) groups excluding carboxylic acids is 2. The molecule has 0 fully saturated rings. The summed E-state index contributed by atoms with van der Waals surface area (Å²) in [5.41, 5.74) is 3.62. The van der Waals surface area contributed by atoms with Crippen molar-refractivity contribution in [2.75, 3.05) is 7.05 Å². The van der Waals surface area contributed by atoms with Crippen molar-refractivity contribution in [2.24, 2.45) is 0 Å². The molecule has 0 unspecified atom stereocenters. The second-order valence-electron chi connectivity index (χ2n) is 5.85. The molecule has 3 heterocycles. The van der Waals surface area contributed by atoms with E-state index in [0.29, 0.717) is 33.9 Å². The lowest BCUT2D eigenvalue weighted by Gasteiger charge is -2.12. The van der Waals surface area contributed by atoms with Gasteiger partial charge in [0.15, 0.2) is 11.5 Å². The Balaban J connectivity index is 1.89. The molecule has 1 aromatic heterocycles. The second-order valence-corrected chi connectivity index (χ2v) is 5.85. The highest BCUT2D eigenvalue weighted by Gasteiger charge is 2.27. The van der Waals surface area contributed by atoms with E-state index in [4.69, 9.17) is 9.47 Å². The number of cyclic esters (lactones) is 2. The van der Waals surface area contributed by atoms with Crippen LogP contribution in [0.3, 0.4) is 0 Å². The lowest BCUT2D eigenvalue weighted by molar-refractivity contribution is -0.135. The minimum Gasteiger partial charge on any atom is -0.424 e. The summed E-state index contributed by atoms with van der Waals surface area (Å²) in [6, 6.07) is 5.55. The van der Waals surface area contributed by atoms with E-state index in [0.717, 1.165) is 11.3 Å². The Morgan fingerprint density at radius 3 is 2.08 bits per heavy atom. The van der Waals surface area contributed by atoms with Gasteiger partial charge in [0.05, 0.1) is 23.9 Å². The molecule has 0 aliphatic carbocycles. The van der Waals surface area contributed by atoms with Gasteiger partial charge < -0.3 is 14.8 Å². The first-order chi connectivity index (χ1) is 12.5. The van der Waals surface area contributed by atoms with Crippen molar-refractivity contribution in [1.29, 1.82) is 0 Å². The molecule has 0 bridgehead atoms. The predicted molar refractivity (Wildman–Crippen MR) is 95.0 cm³/mol. The molecule has 1 N–H and O–H groups in total. The third-order valence-corrected chi connectivity index (χ3v) is 4.14. The van der Waals surface area contributed by atoms with Crippen molar-refractivity contribution in [1.82, 2.24) is 15.3 Å². The molecule has 130 valence electrons. The normalized spacial score (nSPS) is 16.2. The van der Waals surface area contributed by atoms with Crippen molar-refractivity contribution >= 4 is 40.2 Å². The van der Waals surface area contributed by atoms with Gasteiger partial charge in [0.25, 0.3) is 0 Å². The highest BCUT2D eigenvalue weighted by Crippen LogP contribution is 2.32. The topological polar surface area (TPSA) is 90.4 Å². The number of rotatable bonds is 4. The molecule has 0 atom stereocenters. The molecule has 26 heavy (non-hydrogen) atoms. The molecule has 1 aromatic carbocycles. The van der Waals surface area contributed by atoms with Crippen LogP contribution in [0.4, 0.5) is 0 Å². The number of hydrogen-bond donors (Lipinski definition) is 1. The number of nitrogens with zero attached hydrogens (tertiary/aromatic N) is 2. The van der Waals surface area contributed by atoms with Crippen LogP contribution in [0.1, 0.15) is 29.8 Å². The number of nitrogens with one attached hydrogen (secondary N) is 1. The minimum atomic E-state index is -0.359. The Morgan fingerprint density at radius 2 is 1.58 bits per heavy atom. The first kappa shape index (κ1) is 16.0. The molecular formula is C19H15N3O4. The molecule has 2 aliphatic rings. The van der Waals surface area contributed by atoms with E-state index >= 15 is 0 Å². The largest absolute Gasteiger partial charge is 0.424 e. The van der Waals surface area contributed by atoms with Gasteiger partial charge in [-0.1, -0.05) is 12.6 Å². The van der Waals surface area contributed by atoms with Gasteiger partial charge in [0.2, 0.25) is 0 Å². The third kappa shape index (κ3) is 2.73. The van der Waals surface area contributed by atoms with Crippen LogP contribution in [0.5, 0.6) is 0 Å². The minimum absolute atomic E-state index is 0.171. The Kier molecular flexibility index (Phi) is 3.76. The van der Waals surface area contributed by atoms with Crippen LogP contribution in [-0.4, -0.2) is 29.0 Å². The van der Waals surface area contributed by atoms with Crippen LogP contribution in [-0.2, 0) is 19.1 Å². The first-order valence-electron chi connectivity index (χ1n) is 8.06. The Labute approximate surface area is 149 Å². The van der Waals surface area contributed by atoms with Gasteiger partial charge in [0.1, 0.15) is 11.4 Å². The zero-order chi connectivity index (χ0) is 18.3. The number of fused-ring (bicyclic) bond motifs is 1. The first-order valence-corrected chi connectivity index (χ1v) is 8.06. The highest BCUT2D eigenvalue weighted by molar-refractivity contribution is 5.92. The summed E-state index contributed by atoms with van der Waals surface area (Å²) in [4.78, 5) is 32.2. The van der Waals surface area contributed by atoms with Gasteiger partial charge in [-0.25, -0.2) is 9.97 Å². The van der Waals surface area contributed by atoms with Gasteiger partial charge in [-0.15, -0.1) is 0 Å². The van der Waals surface area contributed by atoms with E-state index in [9.17, 15) is 9.59 Å². The zero-order valence-electron chi connectivity index (χ0n) is 14.0.